The van der Waals surface area contributed by atoms with Gasteiger partial charge in [0.1, 0.15) is 11.6 Å². The molecule has 0 saturated heterocycles. The summed E-state index contributed by atoms with van der Waals surface area (Å²) in [6, 6.07) is 8.42. The van der Waals surface area contributed by atoms with Crippen LogP contribution in [0, 0.1) is 5.82 Å². The van der Waals surface area contributed by atoms with Crippen LogP contribution in [0.25, 0.3) is 0 Å². The summed E-state index contributed by atoms with van der Waals surface area (Å²) in [6.45, 7) is 3.83. The van der Waals surface area contributed by atoms with Crippen LogP contribution < -0.4 is 4.74 Å². The number of esters is 2. The van der Waals surface area contributed by atoms with E-state index in [9.17, 15) is 22.4 Å². The average molecular weight is 409 g/mol. The molecule has 0 saturated carbocycles. The van der Waals surface area contributed by atoms with E-state index in [1.165, 1.54) is 35.7 Å². The molecule has 0 unspecified atom stereocenters. The monoisotopic (exact) mass is 409 g/mol. The van der Waals surface area contributed by atoms with E-state index in [2.05, 4.69) is 4.74 Å². The van der Waals surface area contributed by atoms with Gasteiger partial charge in [-0.25, -0.2) is 22.4 Å². The van der Waals surface area contributed by atoms with E-state index in [4.69, 9.17) is 4.74 Å². The van der Waals surface area contributed by atoms with E-state index >= 15 is 0 Å². The van der Waals surface area contributed by atoms with Crippen molar-refractivity contribution in [3.8, 4) is 5.75 Å². The number of rotatable bonds is 7. The highest BCUT2D eigenvalue weighted by atomic mass is 32.2. The molecule has 9 heteroatoms. The number of carbonyl (C=O) groups excluding carboxylic acids is 2. The first-order chi connectivity index (χ1) is 13.2. The van der Waals surface area contributed by atoms with E-state index in [1.807, 2.05) is 0 Å². The molecule has 0 N–H and O–H groups in total. The molecular weight excluding hydrogens is 389 g/mol. The smallest absolute Gasteiger partial charge is 0.346 e. The third kappa shape index (κ3) is 4.55. The summed E-state index contributed by atoms with van der Waals surface area (Å²) < 4.78 is 50.1. The van der Waals surface area contributed by atoms with E-state index in [1.54, 1.807) is 13.8 Å². The molecule has 0 aliphatic heterocycles. The lowest BCUT2D eigenvalue weighted by molar-refractivity contribution is 0.0600. The van der Waals surface area contributed by atoms with Crippen molar-refractivity contribution in [1.29, 1.82) is 0 Å². The van der Waals surface area contributed by atoms with Crippen molar-refractivity contribution >= 4 is 22.0 Å². The minimum Gasteiger partial charge on any atom is -0.465 e. The molecule has 7 nitrogen and oxygen atoms in total. The maximum absolute atomic E-state index is 14.1. The molecule has 0 fully saturated rings. The molecule has 0 aliphatic rings. The van der Waals surface area contributed by atoms with Crippen LogP contribution in [-0.2, 0) is 14.8 Å². The number of hydrogen-bond acceptors (Lipinski definition) is 6. The van der Waals surface area contributed by atoms with Gasteiger partial charge in [-0.3, -0.25) is 0 Å². The van der Waals surface area contributed by atoms with Gasteiger partial charge in [0.05, 0.1) is 23.1 Å². The number of sulfonamides is 1. The third-order valence-corrected chi connectivity index (χ3v) is 6.03. The second-order valence-corrected chi connectivity index (χ2v) is 7.57. The highest BCUT2D eigenvalue weighted by Gasteiger charge is 2.25. The Morgan fingerprint density at radius 2 is 1.61 bits per heavy atom. The maximum atomic E-state index is 14.1. The van der Waals surface area contributed by atoms with Crippen LogP contribution in [0.4, 0.5) is 4.39 Å². The van der Waals surface area contributed by atoms with E-state index in [0.717, 1.165) is 18.2 Å². The fraction of sp³-hybridized carbons (Fsp3) is 0.263. The molecule has 0 spiro atoms. The fourth-order valence-electron chi connectivity index (χ4n) is 2.47. The lowest BCUT2D eigenvalue weighted by atomic mass is 10.2. The molecule has 0 radical (unpaired) electrons. The molecule has 2 aromatic carbocycles. The first kappa shape index (κ1) is 21.5. The van der Waals surface area contributed by atoms with Gasteiger partial charge in [-0.15, -0.1) is 0 Å². The Balaban J connectivity index is 2.30. The molecule has 0 heterocycles. The van der Waals surface area contributed by atoms with Crippen molar-refractivity contribution in [2.24, 2.45) is 0 Å². The van der Waals surface area contributed by atoms with Crippen LogP contribution in [0.5, 0.6) is 5.75 Å². The van der Waals surface area contributed by atoms with E-state index in [0.29, 0.717) is 0 Å². The van der Waals surface area contributed by atoms with E-state index in [-0.39, 0.29) is 29.3 Å². The van der Waals surface area contributed by atoms with Gasteiger partial charge in [-0.1, -0.05) is 13.8 Å². The van der Waals surface area contributed by atoms with Gasteiger partial charge < -0.3 is 9.47 Å². The predicted octanol–water partition coefficient (Wildman–Crippen LogP) is 2.86. The van der Waals surface area contributed by atoms with Crippen LogP contribution in [0.15, 0.2) is 47.4 Å². The van der Waals surface area contributed by atoms with Crippen molar-refractivity contribution in [3.63, 3.8) is 0 Å². The summed E-state index contributed by atoms with van der Waals surface area (Å²) in [5.74, 6) is -2.46. The van der Waals surface area contributed by atoms with Gasteiger partial charge in [0, 0.05) is 13.1 Å². The Kier molecular flexibility index (Phi) is 6.87. The second kappa shape index (κ2) is 8.94. The van der Waals surface area contributed by atoms with Crippen molar-refractivity contribution in [2.75, 3.05) is 20.2 Å². The largest absolute Gasteiger partial charge is 0.465 e. The highest BCUT2D eigenvalue weighted by molar-refractivity contribution is 7.89. The number of benzene rings is 2. The Labute approximate surface area is 162 Å². The zero-order valence-corrected chi connectivity index (χ0v) is 16.5. The second-order valence-electron chi connectivity index (χ2n) is 5.64. The number of nitrogens with zero attached hydrogens (tertiary/aromatic N) is 1. The minimum absolute atomic E-state index is 0.0639. The lowest BCUT2D eigenvalue weighted by Gasteiger charge is -2.18. The van der Waals surface area contributed by atoms with Crippen LogP contribution in [0.3, 0.4) is 0 Å². The normalized spacial score (nSPS) is 11.3. The van der Waals surface area contributed by atoms with Crippen molar-refractivity contribution in [2.45, 2.75) is 18.7 Å². The lowest BCUT2D eigenvalue weighted by Crippen LogP contribution is -2.30. The summed E-state index contributed by atoms with van der Waals surface area (Å²) >= 11 is 0. The Morgan fingerprint density at radius 3 is 2.14 bits per heavy atom. The summed E-state index contributed by atoms with van der Waals surface area (Å²) in [5.41, 5.74) is -0.258. The van der Waals surface area contributed by atoms with Gasteiger partial charge in [-0.2, -0.15) is 4.31 Å². The molecule has 0 amide bonds. The van der Waals surface area contributed by atoms with Crippen LogP contribution >= 0.6 is 0 Å². The molecular formula is C19H20FNO6S. The quantitative estimate of drug-likeness (QED) is 0.516. The zero-order valence-electron chi connectivity index (χ0n) is 15.6. The summed E-state index contributed by atoms with van der Waals surface area (Å²) in [6.07, 6.45) is 0. The summed E-state index contributed by atoms with van der Waals surface area (Å²) in [5, 5.41) is 0. The van der Waals surface area contributed by atoms with E-state index < -0.39 is 33.3 Å². The van der Waals surface area contributed by atoms with Crippen LogP contribution in [-0.4, -0.2) is 44.9 Å². The van der Waals surface area contributed by atoms with Crippen molar-refractivity contribution < 1.29 is 31.9 Å². The van der Waals surface area contributed by atoms with Crippen LogP contribution in [0.2, 0.25) is 0 Å². The molecule has 0 bridgehead atoms. The SMILES string of the molecule is CCN(CC)S(=O)(=O)c1ccc(F)c(C(=O)Oc2ccc(C(=O)OC)cc2)c1. The fourth-order valence-corrected chi connectivity index (χ4v) is 3.96. The highest BCUT2D eigenvalue weighted by Crippen LogP contribution is 2.21. The molecule has 2 aromatic rings. The first-order valence-corrected chi connectivity index (χ1v) is 9.88. The first-order valence-electron chi connectivity index (χ1n) is 8.44. The molecule has 150 valence electrons. The number of halogens is 1. The average Bonchev–Trinajstić information content (AvgIpc) is 2.68. The number of methoxy groups -OCH3 is 1. The van der Waals surface area contributed by atoms with Crippen LogP contribution in [0.1, 0.15) is 34.6 Å². The Morgan fingerprint density at radius 1 is 1.00 bits per heavy atom. The molecule has 28 heavy (non-hydrogen) atoms. The molecule has 0 aromatic heterocycles. The third-order valence-electron chi connectivity index (χ3n) is 3.99. The summed E-state index contributed by atoms with van der Waals surface area (Å²) in [7, 11) is -2.62. The van der Waals surface area contributed by atoms with Crippen molar-refractivity contribution in [3.05, 3.63) is 59.4 Å². The topological polar surface area (TPSA) is 90.0 Å². The van der Waals surface area contributed by atoms with Gasteiger partial charge in [0.2, 0.25) is 10.0 Å². The predicted molar refractivity (Wildman–Crippen MR) is 99.2 cm³/mol. The zero-order chi connectivity index (χ0) is 20.9. The number of ether oxygens (including phenoxy) is 2. The van der Waals surface area contributed by atoms with Gasteiger partial charge in [0.15, 0.2) is 0 Å². The standard InChI is InChI=1S/C19H20FNO6S/c1-4-21(5-2)28(24,25)15-10-11-17(20)16(12-15)19(23)27-14-8-6-13(7-9-14)18(22)26-3/h6-12H,4-5H2,1-3H3. The van der Waals surface area contributed by atoms with Gasteiger partial charge in [0.25, 0.3) is 0 Å². The Hall–Kier alpha value is -2.78. The molecule has 0 atom stereocenters. The number of hydrogen-bond donors (Lipinski definition) is 0. The molecule has 0 aliphatic carbocycles. The summed E-state index contributed by atoms with van der Waals surface area (Å²) in [4.78, 5) is 23.5. The van der Waals surface area contributed by atoms with Gasteiger partial charge in [-0.05, 0) is 42.5 Å². The number of carbonyl (C=O) groups is 2. The molecule has 2 rings (SSSR count). The minimum atomic E-state index is -3.86. The maximum Gasteiger partial charge on any atom is 0.346 e. The van der Waals surface area contributed by atoms with Crippen molar-refractivity contribution in [1.82, 2.24) is 4.31 Å². The Bertz CT molecular complexity index is 968. The van der Waals surface area contributed by atoms with Gasteiger partial charge >= 0.3 is 11.9 Å².